The predicted octanol–water partition coefficient (Wildman–Crippen LogP) is 4.27. The van der Waals surface area contributed by atoms with Gasteiger partial charge in [-0.25, -0.2) is 0 Å². The molecule has 1 aliphatic heterocycles. The van der Waals surface area contributed by atoms with Gasteiger partial charge in [0.25, 0.3) is 0 Å². The molecule has 5 nitrogen and oxygen atoms in total. The van der Waals surface area contributed by atoms with Crippen molar-refractivity contribution in [2.45, 2.75) is 32.2 Å². The first kappa shape index (κ1) is 15.5. The van der Waals surface area contributed by atoms with Crippen molar-refractivity contribution in [1.29, 1.82) is 10.8 Å². The van der Waals surface area contributed by atoms with Crippen LogP contribution < -0.4 is 4.90 Å². The van der Waals surface area contributed by atoms with Gasteiger partial charge in [-0.05, 0) is 50.4 Å². The van der Waals surface area contributed by atoms with Gasteiger partial charge in [0.15, 0.2) is 5.82 Å². The van der Waals surface area contributed by atoms with Crippen LogP contribution in [0.25, 0.3) is 0 Å². The summed E-state index contributed by atoms with van der Waals surface area (Å²) in [6, 6.07) is 7.61. The van der Waals surface area contributed by atoms with E-state index >= 15 is 0 Å². The first-order valence-electron chi connectivity index (χ1n) is 7.70. The Labute approximate surface area is 149 Å². The van der Waals surface area contributed by atoms with Gasteiger partial charge in [-0.2, -0.15) is 4.37 Å². The molecule has 2 aliphatic rings. The second-order valence-electron chi connectivity index (χ2n) is 6.21. The van der Waals surface area contributed by atoms with E-state index < -0.39 is 5.54 Å². The Morgan fingerprint density at radius 1 is 1.29 bits per heavy atom. The number of amidine groups is 2. The second-order valence-corrected chi connectivity index (χ2v) is 7.62. The van der Waals surface area contributed by atoms with Gasteiger partial charge in [-0.3, -0.25) is 20.7 Å². The van der Waals surface area contributed by atoms with E-state index in [1.165, 1.54) is 11.5 Å². The molecule has 0 bridgehead atoms. The Morgan fingerprint density at radius 2 is 1.96 bits per heavy atom. The van der Waals surface area contributed by atoms with Crippen molar-refractivity contribution in [3.8, 4) is 0 Å². The molecule has 0 amide bonds. The van der Waals surface area contributed by atoms with E-state index in [-0.39, 0.29) is 0 Å². The number of nitrogens with one attached hydrogen (secondary N) is 2. The lowest BCUT2D eigenvalue weighted by Gasteiger charge is -2.23. The van der Waals surface area contributed by atoms with Gasteiger partial charge in [0.1, 0.15) is 17.2 Å². The summed E-state index contributed by atoms with van der Waals surface area (Å²) in [6.07, 6.45) is 1.67. The van der Waals surface area contributed by atoms with Crippen molar-refractivity contribution in [1.82, 2.24) is 4.37 Å². The highest BCUT2D eigenvalue weighted by molar-refractivity contribution is 7.06. The van der Waals surface area contributed by atoms with Crippen LogP contribution in [-0.2, 0) is 0 Å². The number of benzene rings is 1. The molecule has 0 saturated heterocycles. The normalized spacial score (nSPS) is 18.2. The summed E-state index contributed by atoms with van der Waals surface area (Å²) in [7, 11) is 0. The fraction of sp³-hybridized carbons (Fsp3) is 0.294. The quantitative estimate of drug-likeness (QED) is 0.590. The van der Waals surface area contributed by atoms with Crippen molar-refractivity contribution in [2.24, 2.45) is 4.99 Å². The van der Waals surface area contributed by atoms with Crippen molar-refractivity contribution in [3.05, 3.63) is 45.3 Å². The lowest BCUT2D eigenvalue weighted by Crippen LogP contribution is -2.41. The summed E-state index contributed by atoms with van der Waals surface area (Å²) < 4.78 is 4.54. The zero-order chi connectivity index (χ0) is 17.1. The zero-order valence-corrected chi connectivity index (χ0v) is 14.9. The highest BCUT2D eigenvalue weighted by atomic mass is 35.5. The minimum Gasteiger partial charge on any atom is -0.288 e. The minimum absolute atomic E-state index is 0.297. The van der Waals surface area contributed by atoms with E-state index in [1.807, 2.05) is 31.2 Å². The molecule has 24 heavy (non-hydrogen) atoms. The topological polar surface area (TPSA) is 76.2 Å². The highest BCUT2D eigenvalue weighted by Gasteiger charge is 2.52. The number of nitrogens with zero attached hydrogens (tertiary/aromatic N) is 3. The van der Waals surface area contributed by atoms with Gasteiger partial charge in [0.05, 0.1) is 11.3 Å². The van der Waals surface area contributed by atoms with Crippen LogP contribution in [0.3, 0.4) is 0 Å². The van der Waals surface area contributed by atoms with E-state index in [1.54, 1.807) is 11.8 Å². The number of anilines is 1. The van der Waals surface area contributed by atoms with Crippen molar-refractivity contribution >= 4 is 46.3 Å². The monoisotopic (exact) mass is 357 g/mol. The summed E-state index contributed by atoms with van der Waals surface area (Å²) >= 11 is 7.41. The molecule has 2 aromatic rings. The average molecular weight is 358 g/mol. The first-order valence-corrected chi connectivity index (χ1v) is 8.85. The number of aliphatic imine (C=N–C) groups is 1. The smallest absolute Gasteiger partial charge is 0.162 e. The van der Waals surface area contributed by atoms with Gasteiger partial charge in [0.2, 0.25) is 0 Å². The standard InChI is InChI=1S/C17H16ClN5S/c1-9-13-14(11-3-5-12(18)6-4-11)21-17(7-8-17)16(20)23(10(2)19)15(13)22-24-9/h3-6,19-20H,7-8H2,1-2H3. The molecule has 1 saturated carbocycles. The maximum atomic E-state index is 8.63. The second kappa shape index (κ2) is 5.22. The van der Waals surface area contributed by atoms with Gasteiger partial charge in [-0.15, -0.1) is 0 Å². The highest BCUT2D eigenvalue weighted by Crippen LogP contribution is 2.47. The number of halogens is 1. The van der Waals surface area contributed by atoms with Gasteiger partial charge in [-0.1, -0.05) is 23.7 Å². The lowest BCUT2D eigenvalue weighted by molar-refractivity contribution is 0.887. The molecular formula is C17H16ClN5S. The first-order chi connectivity index (χ1) is 11.4. The summed E-state index contributed by atoms with van der Waals surface area (Å²) in [4.78, 5) is 7.66. The third-order valence-electron chi connectivity index (χ3n) is 4.46. The largest absolute Gasteiger partial charge is 0.288 e. The van der Waals surface area contributed by atoms with Crippen LogP contribution in [-0.4, -0.2) is 27.3 Å². The van der Waals surface area contributed by atoms with E-state index in [9.17, 15) is 0 Å². The maximum Gasteiger partial charge on any atom is 0.162 e. The zero-order valence-electron chi connectivity index (χ0n) is 13.4. The van der Waals surface area contributed by atoms with Crippen molar-refractivity contribution < 1.29 is 0 Å². The minimum atomic E-state index is -0.526. The molecule has 1 aromatic heterocycles. The number of aryl methyl sites for hydroxylation is 1. The lowest BCUT2D eigenvalue weighted by atomic mass is 10.0. The molecule has 1 spiro atoms. The number of fused-ring (bicyclic) bond motifs is 1. The van der Waals surface area contributed by atoms with Gasteiger partial charge in [0, 0.05) is 15.5 Å². The number of hydrogen-bond acceptors (Lipinski definition) is 5. The van der Waals surface area contributed by atoms with E-state index in [0.29, 0.717) is 22.5 Å². The predicted molar refractivity (Wildman–Crippen MR) is 99.5 cm³/mol. The maximum absolute atomic E-state index is 8.63. The van der Waals surface area contributed by atoms with Crippen molar-refractivity contribution in [2.75, 3.05) is 4.90 Å². The summed E-state index contributed by atoms with van der Waals surface area (Å²) in [5.41, 5.74) is 2.20. The Morgan fingerprint density at radius 3 is 2.54 bits per heavy atom. The van der Waals surface area contributed by atoms with Crippen LogP contribution in [0, 0.1) is 17.7 Å². The Kier molecular flexibility index (Phi) is 3.37. The summed E-state index contributed by atoms with van der Waals surface area (Å²) in [6.45, 7) is 3.70. The average Bonchev–Trinajstić information content (AvgIpc) is 3.25. The van der Waals surface area contributed by atoms with Crippen LogP contribution in [0.15, 0.2) is 29.3 Å². The van der Waals surface area contributed by atoms with Crippen LogP contribution >= 0.6 is 23.1 Å². The molecular weight excluding hydrogens is 342 g/mol. The van der Waals surface area contributed by atoms with E-state index in [0.717, 1.165) is 34.6 Å². The van der Waals surface area contributed by atoms with Gasteiger partial charge < -0.3 is 0 Å². The molecule has 1 fully saturated rings. The van der Waals surface area contributed by atoms with Crippen LogP contribution in [0.5, 0.6) is 0 Å². The molecule has 2 N–H and O–H groups in total. The fourth-order valence-corrected chi connectivity index (χ4v) is 3.83. The number of aromatic nitrogens is 1. The molecule has 1 aromatic carbocycles. The fourth-order valence-electron chi connectivity index (χ4n) is 3.03. The van der Waals surface area contributed by atoms with Crippen LogP contribution in [0.2, 0.25) is 5.02 Å². The van der Waals surface area contributed by atoms with Crippen LogP contribution in [0.1, 0.15) is 35.8 Å². The van der Waals surface area contributed by atoms with Crippen LogP contribution in [0.4, 0.5) is 5.82 Å². The third-order valence-corrected chi connectivity index (χ3v) is 5.45. The third kappa shape index (κ3) is 2.21. The molecule has 0 radical (unpaired) electrons. The summed E-state index contributed by atoms with van der Waals surface area (Å²) in [5.74, 6) is 1.29. The Bertz CT molecular complexity index is 892. The molecule has 122 valence electrons. The van der Waals surface area contributed by atoms with E-state index in [2.05, 4.69) is 4.37 Å². The molecule has 2 heterocycles. The Hall–Kier alpha value is -2.05. The molecule has 4 rings (SSSR count). The molecule has 7 heteroatoms. The molecule has 1 aliphatic carbocycles. The SMILES string of the molecule is CC(=N)N1C(=N)C2(CC2)N=C(c2ccc(Cl)cc2)c2c1nsc2C. The number of hydrogen-bond donors (Lipinski definition) is 2. The van der Waals surface area contributed by atoms with Crippen molar-refractivity contribution in [3.63, 3.8) is 0 Å². The number of rotatable bonds is 1. The molecule has 0 unspecified atom stereocenters. The van der Waals surface area contributed by atoms with Gasteiger partial charge >= 0.3 is 0 Å². The molecule has 0 atom stereocenters. The summed E-state index contributed by atoms with van der Waals surface area (Å²) in [5, 5.41) is 17.5. The van der Waals surface area contributed by atoms with E-state index in [4.69, 9.17) is 27.4 Å². The Balaban J connectivity index is 1.99.